The monoisotopic (exact) mass is 264 g/mol. The average molecular weight is 264 g/mol. The maximum Gasteiger partial charge on any atom is 0.239 e. The summed E-state index contributed by atoms with van der Waals surface area (Å²) < 4.78 is 5.33. The van der Waals surface area contributed by atoms with Gasteiger partial charge in [0.15, 0.2) is 0 Å². The zero-order valence-electron chi connectivity index (χ0n) is 12.2. The summed E-state index contributed by atoms with van der Waals surface area (Å²) in [6.07, 6.45) is 1.72. The predicted octanol–water partition coefficient (Wildman–Crippen LogP) is 1.65. The van der Waals surface area contributed by atoms with E-state index in [1.165, 1.54) is 5.56 Å². The van der Waals surface area contributed by atoms with E-state index in [9.17, 15) is 4.79 Å². The van der Waals surface area contributed by atoms with Gasteiger partial charge in [-0.1, -0.05) is 19.1 Å². The average Bonchev–Trinajstić information content (AvgIpc) is 2.37. The maximum atomic E-state index is 11.7. The Bertz CT molecular complexity index is 436. The number of benzene rings is 1. The summed E-state index contributed by atoms with van der Waals surface area (Å²) >= 11 is 0. The van der Waals surface area contributed by atoms with Crippen molar-refractivity contribution < 1.29 is 9.53 Å². The maximum absolute atomic E-state index is 11.7. The Kier molecular flexibility index (Phi) is 5.36. The lowest BCUT2D eigenvalue weighted by Gasteiger charge is -2.18. The highest BCUT2D eigenvalue weighted by atomic mass is 16.5. The molecule has 0 saturated carbocycles. The normalized spacial score (nSPS) is 11.2. The van der Waals surface area contributed by atoms with Gasteiger partial charge in [0.05, 0.1) is 12.6 Å². The van der Waals surface area contributed by atoms with Crippen LogP contribution in [0.15, 0.2) is 18.2 Å². The fraction of sp³-hybridized carbons (Fsp3) is 0.533. The molecule has 106 valence electrons. The lowest BCUT2D eigenvalue weighted by Crippen LogP contribution is -2.49. The molecule has 0 unspecified atom stereocenters. The van der Waals surface area contributed by atoms with E-state index in [0.29, 0.717) is 6.54 Å². The molecule has 0 fully saturated rings. The minimum absolute atomic E-state index is 0.141. The molecule has 4 nitrogen and oxygen atoms in total. The van der Waals surface area contributed by atoms with Crippen molar-refractivity contribution >= 4 is 5.91 Å². The van der Waals surface area contributed by atoms with Gasteiger partial charge in [0.2, 0.25) is 5.91 Å². The van der Waals surface area contributed by atoms with Crippen LogP contribution in [0.1, 0.15) is 31.9 Å². The summed E-state index contributed by atoms with van der Waals surface area (Å²) in [6.45, 7) is 6.06. The number of nitrogens with one attached hydrogen (secondary N) is 1. The summed E-state index contributed by atoms with van der Waals surface area (Å²) in [6, 6.07) is 6.16. The number of hydrogen-bond donors (Lipinski definition) is 2. The number of carbonyl (C=O) groups excluding carboxylic acids is 1. The highest BCUT2D eigenvalue weighted by Crippen LogP contribution is 2.20. The van der Waals surface area contributed by atoms with Gasteiger partial charge >= 0.3 is 0 Å². The Morgan fingerprint density at radius 3 is 2.63 bits per heavy atom. The van der Waals surface area contributed by atoms with E-state index >= 15 is 0 Å². The van der Waals surface area contributed by atoms with Gasteiger partial charge in [-0.2, -0.15) is 0 Å². The van der Waals surface area contributed by atoms with Crippen molar-refractivity contribution in [3.05, 3.63) is 29.3 Å². The number of methoxy groups -OCH3 is 1. The first-order chi connectivity index (χ1) is 8.88. The van der Waals surface area contributed by atoms with E-state index in [2.05, 4.69) is 24.4 Å². The van der Waals surface area contributed by atoms with E-state index < -0.39 is 5.54 Å². The minimum Gasteiger partial charge on any atom is -0.496 e. The Hall–Kier alpha value is -1.55. The first kappa shape index (κ1) is 15.5. The van der Waals surface area contributed by atoms with E-state index in [1.54, 1.807) is 21.0 Å². The quantitative estimate of drug-likeness (QED) is 0.821. The van der Waals surface area contributed by atoms with E-state index in [0.717, 1.165) is 24.2 Å². The minimum atomic E-state index is -0.838. The molecule has 0 aliphatic rings. The summed E-state index contributed by atoms with van der Waals surface area (Å²) in [5.74, 6) is 0.719. The number of carbonyl (C=O) groups is 1. The number of aryl methyl sites for hydroxylation is 1. The van der Waals surface area contributed by atoms with Crippen molar-refractivity contribution in [2.75, 3.05) is 13.7 Å². The molecule has 1 aromatic carbocycles. The molecule has 0 saturated heterocycles. The number of hydrogen-bond acceptors (Lipinski definition) is 3. The molecule has 0 aromatic heterocycles. The second kappa shape index (κ2) is 6.57. The molecule has 0 aliphatic heterocycles. The van der Waals surface area contributed by atoms with Crippen LogP contribution < -0.4 is 15.8 Å². The zero-order chi connectivity index (χ0) is 14.5. The standard InChI is InChI=1S/C15H24N2O2/c1-5-11-6-7-13(19-4)12(10-11)8-9-17-14(18)15(2,3)16/h6-7,10H,5,8-9,16H2,1-4H3,(H,17,18). The molecule has 19 heavy (non-hydrogen) atoms. The molecule has 0 radical (unpaired) electrons. The third-order valence-corrected chi connectivity index (χ3v) is 3.02. The SMILES string of the molecule is CCc1ccc(OC)c(CCNC(=O)C(C)(C)N)c1. The Labute approximate surface area is 115 Å². The number of nitrogens with two attached hydrogens (primary N) is 1. The van der Waals surface area contributed by atoms with Crippen LogP contribution >= 0.6 is 0 Å². The fourth-order valence-electron chi connectivity index (χ4n) is 1.79. The van der Waals surface area contributed by atoms with Crippen LogP contribution in [0.25, 0.3) is 0 Å². The molecular weight excluding hydrogens is 240 g/mol. The first-order valence-corrected chi connectivity index (χ1v) is 6.61. The second-order valence-electron chi connectivity index (χ2n) is 5.23. The molecular formula is C15H24N2O2. The van der Waals surface area contributed by atoms with E-state index in [-0.39, 0.29) is 5.91 Å². The van der Waals surface area contributed by atoms with Crippen molar-refractivity contribution in [1.29, 1.82) is 0 Å². The van der Waals surface area contributed by atoms with Crippen molar-refractivity contribution in [2.45, 2.75) is 39.2 Å². The summed E-state index contributed by atoms with van der Waals surface area (Å²) in [4.78, 5) is 11.7. The zero-order valence-corrected chi connectivity index (χ0v) is 12.2. The number of amides is 1. The third kappa shape index (κ3) is 4.56. The molecule has 1 aromatic rings. The Morgan fingerprint density at radius 1 is 1.42 bits per heavy atom. The molecule has 0 aliphatic carbocycles. The number of rotatable bonds is 6. The third-order valence-electron chi connectivity index (χ3n) is 3.02. The van der Waals surface area contributed by atoms with Gasteiger partial charge < -0.3 is 15.8 Å². The van der Waals surface area contributed by atoms with Gasteiger partial charge in [0.25, 0.3) is 0 Å². The van der Waals surface area contributed by atoms with Crippen LogP contribution in [0.5, 0.6) is 5.75 Å². The van der Waals surface area contributed by atoms with Gasteiger partial charge in [-0.05, 0) is 43.9 Å². The lowest BCUT2D eigenvalue weighted by atomic mass is 10.0. The van der Waals surface area contributed by atoms with Crippen LogP contribution in [-0.2, 0) is 17.6 Å². The molecule has 1 amide bonds. The molecule has 4 heteroatoms. The predicted molar refractivity (Wildman–Crippen MR) is 77.4 cm³/mol. The lowest BCUT2D eigenvalue weighted by molar-refractivity contribution is -0.125. The van der Waals surface area contributed by atoms with Gasteiger partial charge in [0, 0.05) is 6.54 Å². The van der Waals surface area contributed by atoms with Gasteiger partial charge in [-0.3, -0.25) is 4.79 Å². The second-order valence-corrected chi connectivity index (χ2v) is 5.23. The van der Waals surface area contributed by atoms with Crippen LogP contribution in [0.4, 0.5) is 0 Å². The van der Waals surface area contributed by atoms with E-state index in [1.807, 2.05) is 6.07 Å². The largest absolute Gasteiger partial charge is 0.496 e. The molecule has 1 rings (SSSR count). The summed E-state index contributed by atoms with van der Waals surface area (Å²) in [7, 11) is 1.66. The van der Waals surface area contributed by atoms with Crippen molar-refractivity contribution in [3.63, 3.8) is 0 Å². The molecule has 0 atom stereocenters. The topological polar surface area (TPSA) is 64.3 Å². The van der Waals surface area contributed by atoms with Crippen LogP contribution in [0.3, 0.4) is 0 Å². The van der Waals surface area contributed by atoms with Gasteiger partial charge in [0.1, 0.15) is 5.75 Å². The Morgan fingerprint density at radius 2 is 2.11 bits per heavy atom. The van der Waals surface area contributed by atoms with Gasteiger partial charge in [-0.15, -0.1) is 0 Å². The molecule has 0 heterocycles. The van der Waals surface area contributed by atoms with Crippen LogP contribution in [-0.4, -0.2) is 25.1 Å². The van der Waals surface area contributed by atoms with Crippen molar-refractivity contribution in [3.8, 4) is 5.75 Å². The highest BCUT2D eigenvalue weighted by molar-refractivity contribution is 5.85. The molecule has 0 bridgehead atoms. The molecule has 0 spiro atoms. The van der Waals surface area contributed by atoms with Gasteiger partial charge in [-0.25, -0.2) is 0 Å². The number of ether oxygens (including phenoxy) is 1. The highest BCUT2D eigenvalue weighted by Gasteiger charge is 2.21. The Balaban J connectivity index is 2.64. The fourth-order valence-corrected chi connectivity index (χ4v) is 1.79. The van der Waals surface area contributed by atoms with Crippen molar-refractivity contribution in [2.24, 2.45) is 5.73 Å². The summed E-state index contributed by atoms with van der Waals surface area (Å²) in [5.41, 5.74) is 7.26. The smallest absolute Gasteiger partial charge is 0.239 e. The summed E-state index contributed by atoms with van der Waals surface area (Å²) in [5, 5.41) is 2.84. The molecule has 3 N–H and O–H groups in total. The van der Waals surface area contributed by atoms with Crippen molar-refractivity contribution in [1.82, 2.24) is 5.32 Å². The van der Waals surface area contributed by atoms with Crippen LogP contribution in [0.2, 0.25) is 0 Å². The van der Waals surface area contributed by atoms with Crippen LogP contribution in [0, 0.1) is 0 Å². The van der Waals surface area contributed by atoms with E-state index in [4.69, 9.17) is 10.5 Å². The first-order valence-electron chi connectivity index (χ1n) is 6.61.